The molecule has 6 nitrogen and oxygen atoms in total. The summed E-state index contributed by atoms with van der Waals surface area (Å²) in [7, 11) is 0. The number of rotatable bonds is 4. The van der Waals surface area contributed by atoms with Gasteiger partial charge in [0.05, 0.1) is 18.3 Å². The number of hydrogen-bond acceptors (Lipinski definition) is 4. The van der Waals surface area contributed by atoms with Gasteiger partial charge in [0.1, 0.15) is 17.0 Å². The van der Waals surface area contributed by atoms with Crippen LogP contribution in [0.4, 0.5) is 4.39 Å². The minimum atomic E-state index is -0.391. The first-order chi connectivity index (χ1) is 11.8. The first kappa shape index (κ1) is 14.5. The van der Waals surface area contributed by atoms with Gasteiger partial charge in [-0.05, 0) is 25.1 Å². The van der Waals surface area contributed by atoms with Crippen molar-refractivity contribution < 1.29 is 4.39 Å². The summed E-state index contributed by atoms with van der Waals surface area (Å²) < 4.78 is 18.0. The van der Waals surface area contributed by atoms with E-state index in [4.69, 9.17) is 0 Å². The van der Waals surface area contributed by atoms with Gasteiger partial charge in [-0.15, -0.1) is 0 Å². The van der Waals surface area contributed by atoms with E-state index in [1.165, 1.54) is 6.07 Å². The summed E-state index contributed by atoms with van der Waals surface area (Å²) in [6.07, 6.45) is 8.51. The summed E-state index contributed by atoms with van der Waals surface area (Å²) >= 11 is 0. The molecule has 4 aromatic heterocycles. The molecule has 0 radical (unpaired) electrons. The van der Waals surface area contributed by atoms with Gasteiger partial charge in [-0.25, -0.2) is 19.3 Å². The summed E-state index contributed by atoms with van der Waals surface area (Å²) in [5.41, 5.74) is 2.12. The molecule has 4 aromatic rings. The van der Waals surface area contributed by atoms with Crippen molar-refractivity contribution >= 4 is 11.0 Å². The van der Waals surface area contributed by atoms with E-state index >= 15 is 0 Å². The first-order valence-corrected chi connectivity index (χ1v) is 7.69. The molecule has 24 heavy (non-hydrogen) atoms. The zero-order chi connectivity index (χ0) is 16.5. The van der Waals surface area contributed by atoms with Crippen LogP contribution < -0.4 is 0 Å². The molecule has 0 saturated carbocycles. The Balaban J connectivity index is 1.78. The Kier molecular flexibility index (Phi) is 3.53. The zero-order valence-corrected chi connectivity index (χ0v) is 13.1. The topological polar surface area (TPSA) is 61.4 Å². The van der Waals surface area contributed by atoms with Crippen molar-refractivity contribution in [2.24, 2.45) is 0 Å². The Bertz CT molecular complexity index is 1000. The summed E-state index contributed by atoms with van der Waals surface area (Å²) in [5, 5.41) is 0. The second-order valence-electron chi connectivity index (χ2n) is 5.35. The van der Waals surface area contributed by atoms with Gasteiger partial charge in [0.2, 0.25) is 0 Å². The van der Waals surface area contributed by atoms with Gasteiger partial charge in [0, 0.05) is 31.3 Å². The maximum atomic E-state index is 14.0. The van der Waals surface area contributed by atoms with Crippen LogP contribution in [-0.2, 0) is 13.1 Å². The van der Waals surface area contributed by atoms with Gasteiger partial charge in [-0.1, -0.05) is 0 Å². The van der Waals surface area contributed by atoms with Crippen molar-refractivity contribution in [3.8, 4) is 11.5 Å². The summed E-state index contributed by atoms with van der Waals surface area (Å²) in [4.78, 5) is 17.2. The quantitative estimate of drug-likeness (QED) is 0.579. The molecule has 0 amide bonds. The van der Waals surface area contributed by atoms with Crippen molar-refractivity contribution in [3.63, 3.8) is 0 Å². The van der Waals surface area contributed by atoms with Crippen LogP contribution in [0.2, 0.25) is 0 Å². The van der Waals surface area contributed by atoms with Crippen LogP contribution in [0.5, 0.6) is 0 Å². The van der Waals surface area contributed by atoms with E-state index in [1.54, 1.807) is 37.1 Å². The molecule has 120 valence electrons. The third-order valence-corrected chi connectivity index (χ3v) is 3.94. The molecule has 0 fully saturated rings. The van der Waals surface area contributed by atoms with Crippen LogP contribution in [0.15, 0.2) is 49.2 Å². The molecule has 4 heterocycles. The second kappa shape index (κ2) is 5.84. The molecule has 0 atom stereocenters. The molecule has 0 aliphatic heterocycles. The maximum Gasteiger partial charge on any atom is 0.162 e. The summed E-state index contributed by atoms with van der Waals surface area (Å²) in [6.45, 7) is 3.34. The normalized spacial score (nSPS) is 11.2. The molecule has 0 unspecified atom stereocenters. The smallest absolute Gasteiger partial charge is 0.162 e. The average Bonchev–Trinajstić information content (AvgIpc) is 3.19. The molecular formula is C17H15FN6. The van der Waals surface area contributed by atoms with Crippen molar-refractivity contribution in [1.82, 2.24) is 29.1 Å². The Morgan fingerprint density at radius 3 is 2.88 bits per heavy atom. The lowest BCUT2D eigenvalue weighted by atomic mass is 10.3. The van der Waals surface area contributed by atoms with E-state index in [0.717, 1.165) is 23.4 Å². The largest absolute Gasteiger partial charge is 0.327 e. The highest BCUT2D eigenvalue weighted by Crippen LogP contribution is 2.21. The second-order valence-corrected chi connectivity index (χ2v) is 5.35. The van der Waals surface area contributed by atoms with Gasteiger partial charge >= 0.3 is 0 Å². The van der Waals surface area contributed by atoms with Gasteiger partial charge in [-0.3, -0.25) is 4.98 Å². The average molecular weight is 322 g/mol. The number of aromatic nitrogens is 6. The molecule has 0 spiro atoms. The van der Waals surface area contributed by atoms with Gasteiger partial charge in [0.15, 0.2) is 11.6 Å². The van der Waals surface area contributed by atoms with Crippen molar-refractivity contribution in [1.29, 1.82) is 0 Å². The number of halogens is 1. The number of hydrogen-bond donors (Lipinski definition) is 0. The van der Waals surface area contributed by atoms with Crippen LogP contribution in [0.3, 0.4) is 0 Å². The molecule has 0 aliphatic rings. The van der Waals surface area contributed by atoms with Crippen LogP contribution in [0.1, 0.15) is 12.7 Å². The van der Waals surface area contributed by atoms with E-state index in [2.05, 4.69) is 31.4 Å². The molecule has 0 saturated heterocycles. The van der Waals surface area contributed by atoms with E-state index < -0.39 is 5.82 Å². The fraction of sp³-hybridized carbons (Fsp3) is 0.176. The number of fused-ring (bicyclic) bond motifs is 1. The molecule has 0 aliphatic carbocycles. The number of nitrogens with zero attached hydrogens (tertiary/aromatic N) is 6. The summed E-state index contributed by atoms with van der Waals surface area (Å²) in [5.74, 6) is 0.968. The SMILES string of the molecule is CCn1c(Cn2ccnc2-c2ncccc2F)nc2cnccc21. The van der Waals surface area contributed by atoms with Crippen LogP contribution in [0, 0.1) is 5.82 Å². The minimum Gasteiger partial charge on any atom is -0.327 e. The standard InChI is InChI=1S/C17H15FN6/c1-2-24-14-5-7-19-10-13(14)22-15(24)11-23-9-8-21-17(23)16-12(18)4-3-6-20-16/h3-10H,2,11H2,1H3. The van der Waals surface area contributed by atoms with Gasteiger partial charge < -0.3 is 9.13 Å². The molecule has 0 N–H and O–H groups in total. The van der Waals surface area contributed by atoms with E-state index in [-0.39, 0.29) is 5.69 Å². The van der Waals surface area contributed by atoms with Crippen LogP contribution in [0.25, 0.3) is 22.6 Å². The molecule has 7 heteroatoms. The highest BCUT2D eigenvalue weighted by atomic mass is 19.1. The predicted molar refractivity (Wildman–Crippen MR) is 87.7 cm³/mol. The Hall–Kier alpha value is -3.09. The molecule has 0 aromatic carbocycles. The molecular weight excluding hydrogens is 307 g/mol. The fourth-order valence-corrected chi connectivity index (χ4v) is 2.86. The predicted octanol–water partition coefficient (Wildman–Crippen LogP) is 2.90. The third-order valence-electron chi connectivity index (χ3n) is 3.94. The fourth-order valence-electron chi connectivity index (χ4n) is 2.86. The number of imidazole rings is 2. The monoisotopic (exact) mass is 322 g/mol. The van der Waals surface area contributed by atoms with Crippen molar-refractivity contribution in [2.75, 3.05) is 0 Å². The highest BCUT2D eigenvalue weighted by Gasteiger charge is 2.15. The summed E-state index contributed by atoms with van der Waals surface area (Å²) in [6, 6.07) is 4.90. The third kappa shape index (κ3) is 2.34. The zero-order valence-electron chi connectivity index (χ0n) is 13.1. The van der Waals surface area contributed by atoms with Gasteiger partial charge in [0.25, 0.3) is 0 Å². The van der Waals surface area contributed by atoms with E-state index in [0.29, 0.717) is 12.4 Å². The highest BCUT2D eigenvalue weighted by molar-refractivity contribution is 5.74. The Labute approximate surface area is 137 Å². The lowest BCUT2D eigenvalue weighted by molar-refractivity contribution is 0.618. The first-order valence-electron chi connectivity index (χ1n) is 7.69. The van der Waals surface area contributed by atoms with E-state index in [1.807, 2.05) is 10.6 Å². The molecule has 4 rings (SSSR count). The molecule has 0 bridgehead atoms. The lowest BCUT2D eigenvalue weighted by Crippen LogP contribution is -2.09. The van der Waals surface area contributed by atoms with Crippen LogP contribution in [-0.4, -0.2) is 29.1 Å². The van der Waals surface area contributed by atoms with Crippen LogP contribution >= 0.6 is 0 Å². The Morgan fingerprint density at radius 1 is 1.12 bits per heavy atom. The van der Waals surface area contributed by atoms with Crippen molar-refractivity contribution in [3.05, 3.63) is 60.8 Å². The van der Waals surface area contributed by atoms with E-state index in [9.17, 15) is 4.39 Å². The van der Waals surface area contributed by atoms with Gasteiger partial charge in [-0.2, -0.15) is 0 Å². The number of aryl methyl sites for hydroxylation is 1. The minimum absolute atomic E-state index is 0.239. The number of pyridine rings is 2. The maximum absolute atomic E-state index is 14.0. The van der Waals surface area contributed by atoms with Crippen molar-refractivity contribution in [2.45, 2.75) is 20.0 Å². The lowest BCUT2D eigenvalue weighted by Gasteiger charge is -2.09. The Morgan fingerprint density at radius 2 is 2.04 bits per heavy atom.